The first-order chi connectivity index (χ1) is 8.67. The molecule has 100 valence electrons. The standard InChI is InChI=1S/C13H21N3OS/c1-4-7-14-11-5-6-12(15-9-11)13(17)16-8-10(2)18-3/h5-6,9-10,14H,4,7-8H2,1-3H3,(H,16,17). The van der Waals surface area contributed by atoms with E-state index in [9.17, 15) is 4.79 Å². The third kappa shape index (κ3) is 4.96. The molecule has 0 fully saturated rings. The van der Waals surface area contributed by atoms with Crippen LogP contribution in [0.25, 0.3) is 0 Å². The summed E-state index contributed by atoms with van der Waals surface area (Å²) in [5.74, 6) is -0.113. The molecule has 0 radical (unpaired) electrons. The molecule has 1 aromatic heterocycles. The van der Waals surface area contributed by atoms with Crippen LogP contribution in [-0.4, -0.2) is 35.5 Å². The minimum Gasteiger partial charge on any atom is -0.384 e. The van der Waals surface area contributed by atoms with Gasteiger partial charge in [0.05, 0.1) is 11.9 Å². The molecule has 1 aromatic rings. The third-order valence-corrected chi connectivity index (χ3v) is 3.50. The molecule has 1 unspecified atom stereocenters. The van der Waals surface area contributed by atoms with Gasteiger partial charge in [-0.1, -0.05) is 13.8 Å². The Morgan fingerprint density at radius 2 is 2.28 bits per heavy atom. The van der Waals surface area contributed by atoms with E-state index in [0.29, 0.717) is 17.5 Å². The second-order valence-electron chi connectivity index (χ2n) is 4.12. The van der Waals surface area contributed by atoms with Gasteiger partial charge < -0.3 is 10.6 Å². The number of pyridine rings is 1. The molecule has 0 saturated heterocycles. The SMILES string of the molecule is CCCNc1ccc(C(=O)NCC(C)SC)nc1. The van der Waals surface area contributed by atoms with Gasteiger partial charge in [-0.3, -0.25) is 4.79 Å². The van der Waals surface area contributed by atoms with Gasteiger partial charge in [-0.15, -0.1) is 0 Å². The van der Waals surface area contributed by atoms with Crippen molar-refractivity contribution in [2.45, 2.75) is 25.5 Å². The lowest BCUT2D eigenvalue weighted by atomic mass is 10.3. The Kier molecular flexibility index (Phi) is 6.57. The molecule has 0 aliphatic heterocycles. The molecule has 2 N–H and O–H groups in total. The van der Waals surface area contributed by atoms with Gasteiger partial charge in [0.2, 0.25) is 0 Å². The summed E-state index contributed by atoms with van der Waals surface area (Å²) < 4.78 is 0. The maximum absolute atomic E-state index is 11.8. The number of amides is 1. The first kappa shape index (κ1) is 14.8. The van der Waals surface area contributed by atoms with Gasteiger partial charge in [0.1, 0.15) is 5.69 Å². The first-order valence-electron chi connectivity index (χ1n) is 6.18. The molecule has 0 spiro atoms. The monoisotopic (exact) mass is 267 g/mol. The normalized spacial score (nSPS) is 11.9. The van der Waals surface area contributed by atoms with Gasteiger partial charge in [-0.2, -0.15) is 11.8 Å². The Hall–Kier alpha value is -1.23. The average molecular weight is 267 g/mol. The van der Waals surface area contributed by atoms with Crippen molar-refractivity contribution in [1.82, 2.24) is 10.3 Å². The van der Waals surface area contributed by atoms with Crippen LogP contribution in [0, 0.1) is 0 Å². The van der Waals surface area contributed by atoms with E-state index < -0.39 is 0 Å². The smallest absolute Gasteiger partial charge is 0.269 e. The molecule has 0 saturated carbocycles. The van der Waals surface area contributed by atoms with E-state index in [0.717, 1.165) is 18.7 Å². The van der Waals surface area contributed by atoms with Gasteiger partial charge in [0, 0.05) is 18.3 Å². The second kappa shape index (κ2) is 7.97. The third-order valence-electron chi connectivity index (χ3n) is 2.53. The van der Waals surface area contributed by atoms with E-state index in [2.05, 4.69) is 29.5 Å². The lowest BCUT2D eigenvalue weighted by Gasteiger charge is -2.10. The Labute approximate surface area is 113 Å². The summed E-state index contributed by atoms with van der Waals surface area (Å²) >= 11 is 1.73. The van der Waals surface area contributed by atoms with Gasteiger partial charge in [-0.05, 0) is 24.8 Å². The highest BCUT2D eigenvalue weighted by molar-refractivity contribution is 7.99. The summed E-state index contributed by atoms with van der Waals surface area (Å²) in [5, 5.41) is 6.51. The fraction of sp³-hybridized carbons (Fsp3) is 0.538. The number of hydrogen-bond donors (Lipinski definition) is 2. The van der Waals surface area contributed by atoms with Crippen molar-refractivity contribution in [1.29, 1.82) is 0 Å². The lowest BCUT2D eigenvalue weighted by molar-refractivity contribution is 0.0949. The van der Waals surface area contributed by atoms with Gasteiger partial charge in [0.15, 0.2) is 0 Å². The van der Waals surface area contributed by atoms with Crippen LogP contribution < -0.4 is 10.6 Å². The minimum absolute atomic E-state index is 0.113. The molecule has 1 amide bonds. The van der Waals surface area contributed by atoms with Crippen molar-refractivity contribution in [2.24, 2.45) is 0 Å². The fourth-order valence-corrected chi connectivity index (χ4v) is 1.56. The zero-order valence-corrected chi connectivity index (χ0v) is 12.0. The number of nitrogens with one attached hydrogen (secondary N) is 2. The van der Waals surface area contributed by atoms with Gasteiger partial charge in [0.25, 0.3) is 5.91 Å². The molecule has 5 heteroatoms. The summed E-state index contributed by atoms with van der Waals surface area (Å²) in [6.07, 6.45) is 4.79. The summed E-state index contributed by atoms with van der Waals surface area (Å²) in [6, 6.07) is 3.63. The molecule has 0 aliphatic carbocycles. The van der Waals surface area contributed by atoms with E-state index in [1.807, 2.05) is 12.3 Å². The zero-order chi connectivity index (χ0) is 13.4. The molecule has 18 heavy (non-hydrogen) atoms. The summed E-state index contributed by atoms with van der Waals surface area (Å²) in [5.41, 5.74) is 1.41. The molecule has 0 bridgehead atoms. The van der Waals surface area contributed by atoms with Gasteiger partial charge >= 0.3 is 0 Å². The van der Waals surface area contributed by atoms with E-state index in [1.165, 1.54) is 0 Å². The van der Waals surface area contributed by atoms with E-state index in [-0.39, 0.29) is 5.91 Å². The van der Waals surface area contributed by atoms with Crippen LogP contribution in [0.15, 0.2) is 18.3 Å². The molecule has 4 nitrogen and oxygen atoms in total. The van der Waals surface area contributed by atoms with Crippen molar-refractivity contribution >= 4 is 23.4 Å². The maximum atomic E-state index is 11.8. The predicted molar refractivity (Wildman–Crippen MR) is 78.3 cm³/mol. The Bertz CT molecular complexity index is 367. The largest absolute Gasteiger partial charge is 0.384 e. The van der Waals surface area contributed by atoms with Crippen LogP contribution in [-0.2, 0) is 0 Å². The number of thioether (sulfide) groups is 1. The minimum atomic E-state index is -0.113. The first-order valence-corrected chi connectivity index (χ1v) is 7.47. The molecule has 0 aromatic carbocycles. The Balaban J connectivity index is 2.48. The van der Waals surface area contributed by atoms with Crippen molar-refractivity contribution in [3.8, 4) is 0 Å². The van der Waals surface area contributed by atoms with Crippen molar-refractivity contribution in [3.63, 3.8) is 0 Å². The highest BCUT2D eigenvalue weighted by atomic mass is 32.2. The van der Waals surface area contributed by atoms with Crippen molar-refractivity contribution in [3.05, 3.63) is 24.0 Å². The molecule has 1 rings (SSSR count). The Morgan fingerprint density at radius 1 is 1.50 bits per heavy atom. The quantitative estimate of drug-likeness (QED) is 0.796. The van der Waals surface area contributed by atoms with Crippen molar-refractivity contribution in [2.75, 3.05) is 24.7 Å². The molecule has 1 heterocycles. The molecular formula is C13H21N3OS. The number of carbonyl (C=O) groups excluding carboxylic acids is 1. The maximum Gasteiger partial charge on any atom is 0.269 e. The van der Waals surface area contributed by atoms with E-state index in [4.69, 9.17) is 0 Å². The topological polar surface area (TPSA) is 54.0 Å². The van der Waals surface area contributed by atoms with Gasteiger partial charge in [-0.25, -0.2) is 4.98 Å². The van der Waals surface area contributed by atoms with Crippen LogP contribution in [0.3, 0.4) is 0 Å². The average Bonchev–Trinajstić information content (AvgIpc) is 2.42. The van der Waals surface area contributed by atoms with Crippen LogP contribution >= 0.6 is 11.8 Å². The fourth-order valence-electron chi connectivity index (χ4n) is 1.31. The predicted octanol–water partition coefficient (Wildman–Crippen LogP) is 2.38. The molecule has 0 aliphatic rings. The van der Waals surface area contributed by atoms with E-state index in [1.54, 1.807) is 24.0 Å². The number of rotatable bonds is 7. The zero-order valence-electron chi connectivity index (χ0n) is 11.2. The van der Waals surface area contributed by atoms with Crippen LogP contribution in [0.1, 0.15) is 30.8 Å². The highest BCUT2D eigenvalue weighted by Crippen LogP contribution is 2.07. The lowest BCUT2D eigenvalue weighted by Crippen LogP contribution is -2.29. The molecule has 1 atom stereocenters. The highest BCUT2D eigenvalue weighted by Gasteiger charge is 2.08. The number of carbonyl (C=O) groups is 1. The number of hydrogen-bond acceptors (Lipinski definition) is 4. The summed E-state index contributed by atoms with van der Waals surface area (Å²) in [4.78, 5) is 15.9. The van der Waals surface area contributed by atoms with Crippen LogP contribution in [0.5, 0.6) is 0 Å². The number of aromatic nitrogens is 1. The van der Waals surface area contributed by atoms with Crippen LogP contribution in [0.2, 0.25) is 0 Å². The number of nitrogens with zero attached hydrogens (tertiary/aromatic N) is 1. The van der Waals surface area contributed by atoms with Crippen molar-refractivity contribution < 1.29 is 4.79 Å². The number of anilines is 1. The molecular weight excluding hydrogens is 246 g/mol. The summed E-state index contributed by atoms with van der Waals surface area (Å²) in [7, 11) is 0. The Morgan fingerprint density at radius 3 is 2.83 bits per heavy atom. The second-order valence-corrected chi connectivity index (χ2v) is 5.39. The summed E-state index contributed by atoms with van der Waals surface area (Å²) in [6.45, 7) is 5.77. The van der Waals surface area contributed by atoms with Crippen LogP contribution in [0.4, 0.5) is 5.69 Å². The van der Waals surface area contributed by atoms with E-state index >= 15 is 0 Å².